The molecule has 0 saturated heterocycles. The number of aliphatic hydroxyl groups is 1. The normalized spacial score (nSPS) is 10.4. The van der Waals surface area contributed by atoms with Gasteiger partial charge < -0.3 is 19.6 Å². The molecule has 0 unspecified atom stereocenters. The fourth-order valence-electron chi connectivity index (χ4n) is 2.56. The molecule has 0 saturated carbocycles. The molecule has 28 heavy (non-hydrogen) atoms. The minimum Gasteiger partial charge on any atom is -0.496 e. The minimum atomic E-state index is -0.407. The van der Waals surface area contributed by atoms with Crippen LogP contribution in [0, 0.1) is 0 Å². The Bertz CT molecular complexity index is 1020. The molecule has 3 aromatic rings. The fraction of sp³-hybridized carbons (Fsp3) is 0.100. The van der Waals surface area contributed by atoms with E-state index in [9.17, 15) is 9.90 Å². The second-order valence-electron chi connectivity index (χ2n) is 5.73. The molecule has 6 nitrogen and oxygen atoms in total. The van der Waals surface area contributed by atoms with Crippen LogP contribution in [0.15, 0.2) is 59.0 Å². The summed E-state index contributed by atoms with van der Waals surface area (Å²) >= 11 is 11.3. The molecule has 0 aliphatic heterocycles. The molecule has 3 N–H and O–H groups in total. The van der Waals surface area contributed by atoms with Crippen LogP contribution in [0.5, 0.6) is 5.75 Å². The van der Waals surface area contributed by atoms with Gasteiger partial charge in [-0.15, -0.1) is 0 Å². The van der Waals surface area contributed by atoms with Crippen molar-refractivity contribution in [3.05, 3.63) is 70.9 Å². The van der Waals surface area contributed by atoms with E-state index in [1.807, 2.05) is 0 Å². The summed E-state index contributed by atoms with van der Waals surface area (Å²) in [5, 5.41) is 15.2. The van der Waals surface area contributed by atoms with E-state index in [-0.39, 0.29) is 11.7 Å². The zero-order valence-electron chi connectivity index (χ0n) is 14.9. The van der Waals surface area contributed by atoms with Gasteiger partial charge in [0.2, 0.25) is 0 Å². The van der Waals surface area contributed by atoms with Gasteiger partial charge in [0.15, 0.2) is 5.11 Å². The van der Waals surface area contributed by atoms with Crippen molar-refractivity contribution in [1.82, 2.24) is 5.32 Å². The van der Waals surface area contributed by atoms with E-state index in [1.165, 1.54) is 0 Å². The Hall–Kier alpha value is -2.87. The number of carbonyl (C=O) groups excluding carboxylic acids is 1. The molecule has 0 fully saturated rings. The van der Waals surface area contributed by atoms with Gasteiger partial charge in [0.25, 0.3) is 5.91 Å². The minimum absolute atomic E-state index is 0.122. The zero-order chi connectivity index (χ0) is 20.1. The van der Waals surface area contributed by atoms with E-state index in [1.54, 1.807) is 61.7 Å². The first-order valence-electron chi connectivity index (χ1n) is 8.26. The lowest BCUT2D eigenvalue weighted by Crippen LogP contribution is -2.34. The highest BCUT2D eigenvalue weighted by Crippen LogP contribution is 2.33. The molecular formula is C20H17ClN2O4S. The molecule has 1 aromatic heterocycles. The van der Waals surface area contributed by atoms with E-state index in [4.69, 9.17) is 33.0 Å². The van der Waals surface area contributed by atoms with Crippen LogP contribution in [0.3, 0.4) is 0 Å². The van der Waals surface area contributed by atoms with Gasteiger partial charge in [-0.2, -0.15) is 0 Å². The predicted molar refractivity (Wildman–Crippen MR) is 112 cm³/mol. The van der Waals surface area contributed by atoms with Crippen LogP contribution in [-0.4, -0.2) is 23.2 Å². The highest BCUT2D eigenvalue weighted by Gasteiger charge is 2.14. The van der Waals surface area contributed by atoms with Gasteiger partial charge in [-0.3, -0.25) is 10.1 Å². The van der Waals surface area contributed by atoms with E-state index >= 15 is 0 Å². The molecule has 1 heterocycles. The molecule has 0 bridgehead atoms. The quantitative estimate of drug-likeness (QED) is 0.540. The Labute approximate surface area is 172 Å². The summed E-state index contributed by atoms with van der Waals surface area (Å²) in [6.07, 6.45) is 0. The van der Waals surface area contributed by atoms with Crippen molar-refractivity contribution in [3.63, 3.8) is 0 Å². The first-order chi connectivity index (χ1) is 13.5. The molecule has 0 aliphatic carbocycles. The number of rotatable bonds is 5. The number of anilines is 1. The number of carbonyl (C=O) groups is 1. The summed E-state index contributed by atoms with van der Waals surface area (Å²) in [5.41, 5.74) is 1.63. The molecule has 3 rings (SSSR count). The van der Waals surface area contributed by atoms with E-state index < -0.39 is 5.91 Å². The molecule has 0 aliphatic rings. The number of hydrogen-bond acceptors (Lipinski definition) is 5. The van der Waals surface area contributed by atoms with Gasteiger partial charge in [-0.1, -0.05) is 23.7 Å². The van der Waals surface area contributed by atoms with Crippen molar-refractivity contribution in [2.24, 2.45) is 0 Å². The number of nitrogens with one attached hydrogen (secondary N) is 2. The van der Waals surface area contributed by atoms with Crippen LogP contribution in [0.25, 0.3) is 11.3 Å². The lowest BCUT2D eigenvalue weighted by atomic mass is 10.1. The van der Waals surface area contributed by atoms with Crippen LogP contribution >= 0.6 is 23.8 Å². The molecule has 0 atom stereocenters. The number of thiocarbonyl (C=S) groups is 1. The number of hydrogen-bond donors (Lipinski definition) is 3. The van der Waals surface area contributed by atoms with Crippen LogP contribution in [0.2, 0.25) is 5.02 Å². The summed E-state index contributed by atoms with van der Waals surface area (Å²) in [6, 6.07) is 15.4. The molecule has 0 spiro atoms. The fourth-order valence-corrected chi connectivity index (χ4v) is 3.00. The number of ether oxygens (including phenoxy) is 1. The maximum Gasteiger partial charge on any atom is 0.258 e. The number of methoxy groups -OCH3 is 1. The van der Waals surface area contributed by atoms with Gasteiger partial charge in [-0.05, 0) is 54.7 Å². The summed E-state index contributed by atoms with van der Waals surface area (Å²) < 4.78 is 11.0. The van der Waals surface area contributed by atoms with Crippen molar-refractivity contribution in [2.45, 2.75) is 6.61 Å². The maximum atomic E-state index is 12.3. The Balaban J connectivity index is 1.77. The van der Waals surface area contributed by atoms with Gasteiger partial charge in [0.1, 0.15) is 23.9 Å². The largest absolute Gasteiger partial charge is 0.496 e. The Morgan fingerprint density at radius 3 is 2.68 bits per heavy atom. The first kappa shape index (κ1) is 19.9. The standard InChI is InChI=1S/C20H17ClN2O4S/c1-26-17-8-6-12(10-15(17)18-9-7-13(11-24)27-18)22-20(28)23-19(25)14-4-2-3-5-16(14)21/h2-10,24H,11H2,1H3,(H2,22,23,25,28). The smallest absolute Gasteiger partial charge is 0.258 e. The van der Waals surface area contributed by atoms with Crippen molar-refractivity contribution >= 4 is 40.5 Å². The van der Waals surface area contributed by atoms with Crippen LogP contribution in [0.1, 0.15) is 16.1 Å². The number of furan rings is 1. The lowest BCUT2D eigenvalue weighted by Gasteiger charge is -2.13. The van der Waals surface area contributed by atoms with Crippen LogP contribution in [0.4, 0.5) is 5.69 Å². The molecular weight excluding hydrogens is 400 g/mol. The van der Waals surface area contributed by atoms with Crippen molar-refractivity contribution in [1.29, 1.82) is 0 Å². The second-order valence-corrected chi connectivity index (χ2v) is 6.54. The third-order valence-electron chi connectivity index (χ3n) is 3.89. The zero-order valence-corrected chi connectivity index (χ0v) is 16.4. The molecule has 8 heteroatoms. The number of benzene rings is 2. The predicted octanol–water partition coefficient (Wildman–Crippen LogP) is 4.23. The SMILES string of the molecule is COc1ccc(NC(=S)NC(=O)c2ccccc2Cl)cc1-c1ccc(CO)o1. The summed E-state index contributed by atoms with van der Waals surface area (Å²) in [5.74, 6) is 1.17. The van der Waals surface area contributed by atoms with E-state index in [0.717, 1.165) is 0 Å². The highest BCUT2D eigenvalue weighted by molar-refractivity contribution is 7.80. The van der Waals surface area contributed by atoms with Gasteiger partial charge in [0.05, 0.1) is 23.3 Å². The Morgan fingerprint density at radius 1 is 1.21 bits per heavy atom. The summed E-state index contributed by atoms with van der Waals surface area (Å²) in [6.45, 7) is -0.196. The maximum absolute atomic E-state index is 12.3. The molecule has 1 amide bonds. The Morgan fingerprint density at radius 2 is 2.00 bits per heavy atom. The highest BCUT2D eigenvalue weighted by atomic mass is 35.5. The van der Waals surface area contributed by atoms with Crippen molar-refractivity contribution < 1.29 is 19.1 Å². The van der Waals surface area contributed by atoms with Crippen molar-refractivity contribution in [2.75, 3.05) is 12.4 Å². The first-order valence-corrected chi connectivity index (χ1v) is 9.05. The van der Waals surface area contributed by atoms with E-state index in [2.05, 4.69) is 10.6 Å². The average Bonchev–Trinajstić information content (AvgIpc) is 3.17. The molecule has 144 valence electrons. The van der Waals surface area contributed by atoms with Gasteiger partial charge in [0, 0.05) is 5.69 Å². The van der Waals surface area contributed by atoms with Gasteiger partial charge >= 0.3 is 0 Å². The lowest BCUT2D eigenvalue weighted by molar-refractivity contribution is 0.0978. The number of halogens is 1. The number of amides is 1. The van der Waals surface area contributed by atoms with E-state index in [0.29, 0.717) is 39.1 Å². The third kappa shape index (κ3) is 4.51. The van der Waals surface area contributed by atoms with Gasteiger partial charge in [-0.25, -0.2) is 0 Å². The van der Waals surface area contributed by atoms with Crippen molar-refractivity contribution in [3.8, 4) is 17.1 Å². The molecule has 0 radical (unpaired) electrons. The molecule has 2 aromatic carbocycles. The Kier molecular flexibility index (Phi) is 6.30. The monoisotopic (exact) mass is 416 g/mol. The average molecular weight is 417 g/mol. The van der Waals surface area contributed by atoms with Crippen LogP contribution < -0.4 is 15.4 Å². The van der Waals surface area contributed by atoms with Crippen LogP contribution in [-0.2, 0) is 6.61 Å². The summed E-state index contributed by atoms with van der Waals surface area (Å²) in [7, 11) is 1.55. The third-order valence-corrected chi connectivity index (χ3v) is 4.42. The topological polar surface area (TPSA) is 83.7 Å². The second kappa shape index (κ2) is 8.88. The number of aliphatic hydroxyl groups excluding tert-OH is 1. The summed E-state index contributed by atoms with van der Waals surface area (Å²) in [4.78, 5) is 12.3.